The van der Waals surface area contributed by atoms with Gasteiger partial charge < -0.3 is 0 Å². The zero-order chi connectivity index (χ0) is 2.00. The number of rotatable bonds is 0. The van der Waals surface area contributed by atoms with Gasteiger partial charge in [-0.1, -0.05) is 0 Å². The summed E-state index contributed by atoms with van der Waals surface area (Å²) >= 11 is 2.62. The number of hydrogen-bond acceptors (Lipinski definition) is 1. The van der Waals surface area contributed by atoms with Gasteiger partial charge in [-0.05, 0) is 0 Å². The zero-order valence-corrected chi connectivity index (χ0v) is 1.71. The monoisotopic (exact) mass is 106 g/mol. The molecule has 0 aliphatic rings. The standard InChI is InChI=1S/Li.Na.Ni.O.2H. The van der Waals surface area contributed by atoms with Crippen LogP contribution < -0.4 is 0 Å². The molecule has 0 amide bonds. The zero-order valence-electron chi connectivity index (χ0n) is 0.724. The molecule has 20 valence electrons. The van der Waals surface area contributed by atoms with E-state index in [2.05, 4.69) is 15.4 Å². The molecule has 0 aromatic heterocycles. The summed E-state index contributed by atoms with van der Waals surface area (Å²) in [5.41, 5.74) is 0. The van der Waals surface area contributed by atoms with Gasteiger partial charge in [-0.15, -0.1) is 0 Å². The van der Waals surface area contributed by atoms with Crippen molar-refractivity contribution in [2.45, 2.75) is 0 Å². The summed E-state index contributed by atoms with van der Waals surface area (Å²) in [7, 11) is 0. The second-order valence-corrected chi connectivity index (χ2v) is 0. The van der Waals surface area contributed by atoms with Crippen LogP contribution in [-0.4, -0.2) is 48.4 Å². The predicted octanol–water partition coefficient (Wildman–Crippen LogP) is -1.42. The fourth-order valence-electron chi connectivity index (χ4n) is 0. The van der Waals surface area contributed by atoms with E-state index in [9.17, 15) is 0 Å². The van der Waals surface area contributed by atoms with Crippen molar-refractivity contribution in [2.75, 3.05) is 0 Å². The summed E-state index contributed by atoms with van der Waals surface area (Å²) in [5.74, 6) is 0. The van der Waals surface area contributed by atoms with E-state index in [-0.39, 0.29) is 48.4 Å². The van der Waals surface area contributed by atoms with E-state index < -0.39 is 0 Å². The van der Waals surface area contributed by atoms with E-state index in [1.165, 1.54) is 0 Å². The molecule has 4 heavy (non-hydrogen) atoms. The topological polar surface area (TPSA) is 17.1 Å². The van der Waals surface area contributed by atoms with Crippen molar-refractivity contribution in [3.63, 3.8) is 0 Å². The molecular formula is H2LiNaNiO. The van der Waals surface area contributed by atoms with Gasteiger partial charge in [0.1, 0.15) is 0 Å². The van der Waals surface area contributed by atoms with Crippen molar-refractivity contribution in [3.05, 3.63) is 0 Å². The summed E-state index contributed by atoms with van der Waals surface area (Å²) < 4.78 is 7.88. The van der Waals surface area contributed by atoms with Gasteiger partial charge >= 0.3 is 67.7 Å². The van der Waals surface area contributed by atoms with E-state index in [4.69, 9.17) is 3.90 Å². The first-order valence-corrected chi connectivity index (χ1v) is 0.532. The van der Waals surface area contributed by atoms with Gasteiger partial charge in [-0.2, -0.15) is 0 Å². The van der Waals surface area contributed by atoms with Gasteiger partial charge in [0, 0.05) is 0 Å². The third-order valence-corrected chi connectivity index (χ3v) is 0. The molecule has 0 saturated heterocycles. The van der Waals surface area contributed by atoms with Crippen LogP contribution in [0.25, 0.3) is 0 Å². The first-order valence-electron chi connectivity index (χ1n) is 0.129. The van der Waals surface area contributed by atoms with Crippen LogP contribution in [-0.2, 0) is 19.3 Å². The first kappa shape index (κ1) is 16.9. The van der Waals surface area contributed by atoms with Gasteiger partial charge in [0.15, 0.2) is 0 Å². The van der Waals surface area contributed by atoms with Crippen molar-refractivity contribution in [1.29, 1.82) is 0 Å². The first-order chi connectivity index (χ1) is 1.00. The molecule has 0 aromatic carbocycles. The molecule has 4 heteroatoms. The second-order valence-electron chi connectivity index (χ2n) is 0. The van der Waals surface area contributed by atoms with Crippen LogP contribution >= 0.6 is 0 Å². The molecule has 0 aromatic rings. The third-order valence-electron chi connectivity index (χ3n) is 0. The molecular weight excluding hydrogens is 105 g/mol. The average molecular weight is 107 g/mol. The van der Waals surface area contributed by atoms with E-state index in [1.807, 2.05) is 0 Å². The Morgan fingerprint density at radius 2 is 1.25 bits per heavy atom. The SMILES string of the molecule is [LiH].[NaH].[O]=[Ni]. The molecule has 0 fully saturated rings. The molecule has 0 heterocycles. The Labute approximate surface area is 66.9 Å². The van der Waals surface area contributed by atoms with Gasteiger partial charge in [0.2, 0.25) is 0 Å². The molecule has 0 saturated carbocycles. The summed E-state index contributed by atoms with van der Waals surface area (Å²) in [5, 5.41) is 0. The average Bonchev–Trinajstić information content (AvgIpc) is 1.00. The van der Waals surface area contributed by atoms with Crippen LogP contribution in [0.15, 0.2) is 0 Å². The minimum atomic E-state index is 0. The molecule has 0 atom stereocenters. The van der Waals surface area contributed by atoms with E-state index in [0.29, 0.717) is 0 Å². The molecule has 0 bridgehead atoms. The summed E-state index contributed by atoms with van der Waals surface area (Å²) in [6.07, 6.45) is 0. The molecule has 0 rings (SSSR count). The van der Waals surface area contributed by atoms with Crippen molar-refractivity contribution in [2.24, 2.45) is 0 Å². The molecule has 0 unspecified atom stereocenters. The van der Waals surface area contributed by atoms with Gasteiger partial charge in [-0.3, -0.25) is 0 Å². The van der Waals surface area contributed by atoms with Crippen molar-refractivity contribution < 1.29 is 19.3 Å². The summed E-state index contributed by atoms with van der Waals surface area (Å²) in [6.45, 7) is 0. The van der Waals surface area contributed by atoms with Crippen LogP contribution in [0.4, 0.5) is 0 Å². The van der Waals surface area contributed by atoms with Crippen LogP contribution in [0.1, 0.15) is 0 Å². The van der Waals surface area contributed by atoms with Crippen molar-refractivity contribution in [3.8, 4) is 0 Å². The van der Waals surface area contributed by atoms with E-state index in [0.717, 1.165) is 0 Å². The molecule has 0 spiro atoms. The summed E-state index contributed by atoms with van der Waals surface area (Å²) in [6, 6.07) is 0. The quantitative estimate of drug-likeness (QED) is 0.347. The van der Waals surface area contributed by atoms with Gasteiger partial charge in [0.25, 0.3) is 0 Å². The Morgan fingerprint density at radius 3 is 1.25 bits per heavy atom. The van der Waals surface area contributed by atoms with Gasteiger partial charge in [-0.25, -0.2) is 0 Å². The fourth-order valence-corrected chi connectivity index (χ4v) is 0. The maximum atomic E-state index is 7.88. The molecule has 0 aliphatic heterocycles. The molecule has 1 nitrogen and oxygen atoms in total. The Bertz CT molecular complexity index is 8.00. The Kier molecular flexibility index (Phi) is 87.3. The normalized spacial score (nSPS) is 1.50. The second kappa shape index (κ2) is 20.7. The van der Waals surface area contributed by atoms with Crippen LogP contribution in [0, 0.1) is 0 Å². The van der Waals surface area contributed by atoms with Crippen molar-refractivity contribution >= 4 is 48.4 Å². The van der Waals surface area contributed by atoms with Crippen LogP contribution in [0.5, 0.6) is 0 Å². The van der Waals surface area contributed by atoms with Crippen LogP contribution in [0.2, 0.25) is 0 Å². The minimum absolute atomic E-state index is 0. The molecule has 0 radical (unpaired) electrons. The van der Waals surface area contributed by atoms with Gasteiger partial charge in [0.05, 0.1) is 0 Å². The number of hydrogen-bond donors (Lipinski definition) is 0. The third kappa shape index (κ3) is 9.09. The Balaban J connectivity index is -0.00000000500. The Morgan fingerprint density at radius 1 is 1.25 bits per heavy atom. The van der Waals surface area contributed by atoms with Crippen molar-refractivity contribution in [1.82, 2.24) is 0 Å². The van der Waals surface area contributed by atoms with Crippen LogP contribution in [0.3, 0.4) is 0 Å². The predicted molar refractivity (Wildman–Crippen MR) is 15.0 cm³/mol. The van der Waals surface area contributed by atoms with E-state index in [1.54, 1.807) is 0 Å². The Hall–Kier alpha value is 1.89. The molecule has 0 N–H and O–H groups in total. The summed E-state index contributed by atoms with van der Waals surface area (Å²) in [4.78, 5) is 0. The molecule has 0 aliphatic carbocycles. The maximum absolute atomic E-state index is 7.88. The van der Waals surface area contributed by atoms with E-state index >= 15 is 0 Å². The fraction of sp³-hybridized carbons (Fsp3) is 0.